The zero-order valence-corrected chi connectivity index (χ0v) is 20.1. The van der Waals surface area contributed by atoms with Gasteiger partial charge in [0.05, 0.1) is 24.5 Å². The predicted octanol–water partition coefficient (Wildman–Crippen LogP) is 5.13. The molecule has 0 radical (unpaired) electrons. The van der Waals surface area contributed by atoms with Crippen molar-refractivity contribution >= 4 is 34.8 Å². The number of hydrazine groups is 1. The topological polar surface area (TPSA) is 71.8 Å². The van der Waals surface area contributed by atoms with Crippen molar-refractivity contribution in [3.8, 4) is 22.4 Å². The Balaban J connectivity index is 1.60. The molecule has 1 N–H and O–H groups in total. The molecule has 0 saturated carbocycles. The van der Waals surface area contributed by atoms with Gasteiger partial charge in [-0.2, -0.15) is 5.10 Å². The molecule has 0 bridgehead atoms. The van der Waals surface area contributed by atoms with Gasteiger partial charge in [-0.05, 0) is 31.0 Å². The Morgan fingerprint density at radius 1 is 1.12 bits per heavy atom. The summed E-state index contributed by atoms with van der Waals surface area (Å²) in [6, 6.07) is 15.2. The first-order chi connectivity index (χ1) is 16.6. The number of halogens is 2. The highest BCUT2D eigenvalue weighted by atomic mass is 35.5. The summed E-state index contributed by atoms with van der Waals surface area (Å²) in [5, 5.41) is 7.73. The van der Waals surface area contributed by atoms with Crippen molar-refractivity contribution in [3.05, 3.63) is 76.5 Å². The molecule has 9 heteroatoms. The first kappa shape index (κ1) is 22.8. The number of benzene rings is 2. The van der Waals surface area contributed by atoms with E-state index in [2.05, 4.69) is 15.5 Å². The molecule has 0 aliphatic carbocycles. The van der Waals surface area contributed by atoms with Gasteiger partial charge in [0.25, 0.3) is 5.91 Å². The quantitative estimate of drug-likeness (QED) is 0.401. The summed E-state index contributed by atoms with van der Waals surface area (Å²) in [4.78, 5) is 17.8. The molecule has 2 aromatic carbocycles. The molecule has 5 rings (SSSR count). The molecule has 4 aromatic rings. The van der Waals surface area contributed by atoms with Crippen molar-refractivity contribution in [2.45, 2.75) is 18.9 Å². The fraction of sp³-hybridized carbons (Fsp3) is 0.240. The highest BCUT2D eigenvalue weighted by Gasteiger charge is 2.28. The van der Waals surface area contributed by atoms with Gasteiger partial charge in [0.15, 0.2) is 5.65 Å². The second-order valence-corrected chi connectivity index (χ2v) is 9.03. The van der Waals surface area contributed by atoms with Crippen LogP contribution in [0, 0.1) is 0 Å². The summed E-state index contributed by atoms with van der Waals surface area (Å²) in [6.45, 7) is 1.34. The molecule has 1 atom stereocenters. The molecular formula is C25H23Cl2N5O2. The van der Waals surface area contributed by atoms with Gasteiger partial charge < -0.3 is 4.74 Å². The molecule has 1 fully saturated rings. The van der Waals surface area contributed by atoms with Crippen molar-refractivity contribution in [1.29, 1.82) is 0 Å². The SMILES string of the molecule is COC[C@@H]1CCCN1NC(=O)c1cnn2c(-c3ccc(Cl)cc3)c(-c3ccccc3Cl)cnc12. The van der Waals surface area contributed by atoms with Crippen molar-refractivity contribution in [3.63, 3.8) is 0 Å². The summed E-state index contributed by atoms with van der Waals surface area (Å²) in [7, 11) is 1.67. The summed E-state index contributed by atoms with van der Waals surface area (Å²) in [6.07, 6.45) is 5.27. The number of nitrogens with one attached hydrogen (secondary N) is 1. The first-order valence-electron chi connectivity index (χ1n) is 11.0. The lowest BCUT2D eigenvalue weighted by atomic mass is 10.0. The average molecular weight is 496 g/mol. The minimum absolute atomic E-state index is 0.153. The summed E-state index contributed by atoms with van der Waals surface area (Å²) in [5.41, 5.74) is 7.14. The Kier molecular flexibility index (Phi) is 6.52. The molecule has 0 unspecified atom stereocenters. The van der Waals surface area contributed by atoms with Crippen LogP contribution in [0.4, 0.5) is 0 Å². The number of rotatable bonds is 6. The van der Waals surface area contributed by atoms with Crippen molar-refractivity contribution in [1.82, 2.24) is 25.0 Å². The minimum Gasteiger partial charge on any atom is -0.383 e. The van der Waals surface area contributed by atoms with Crippen molar-refractivity contribution in [2.24, 2.45) is 0 Å². The summed E-state index contributed by atoms with van der Waals surface area (Å²) in [5.74, 6) is -0.252. The lowest BCUT2D eigenvalue weighted by Gasteiger charge is -2.24. The Morgan fingerprint density at radius 3 is 2.68 bits per heavy atom. The number of carbonyl (C=O) groups is 1. The molecule has 1 aliphatic heterocycles. The van der Waals surface area contributed by atoms with E-state index in [0.29, 0.717) is 27.9 Å². The second kappa shape index (κ2) is 9.72. The molecule has 1 saturated heterocycles. The lowest BCUT2D eigenvalue weighted by Crippen LogP contribution is -2.46. The van der Waals surface area contributed by atoms with E-state index in [-0.39, 0.29) is 11.9 Å². The number of amides is 1. The highest BCUT2D eigenvalue weighted by molar-refractivity contribution is 6.33. The molecule has 34 heavy (non-hydrogen) atoms. The van der Waals surface area contributed by atoms with Gasteiger partial charge in [-0.25, -0.2) is 14.5 Å². The zero-order chi connectivity index (χ0) is 23.7. The fourth-order valence-corrected chi connectivity index (χ4v) is 4.76. The number of carbonyl (C=O) groups excluding carboxylic acids is 1. The number of ether oxygens (including phenoxy) is 1. The standard InChI is InChI=1S/C25H23Cl2N5O2/c1-34-15-18-5-4-12-31(18)30-25(33)21-14-29-32-23(16-8-10-17(26)11-9-16)20(13-28-24(21)32)19-6-2-3-7-22(19)27/h2-3,6-11,13-14,18H,4-5,12,15H2,1H3,(H,30,33)/t18-/m0/s1. The maximum absolute atomic E-state index is 13.2. The van der Waals surface area contributed by atoms with Crippen molar-refractivity contribution in [2.75, 3.05) is 20.3 Å². The van der Waals surface area contributed by atoms with Crippen LogP contribution in [-0.4, -0.2) is 51.8 Å². The molecule has 1 amide bonds. The van der Waals surface area contributed by atoms with Gasteiger partial charge in [0, 0.05) is 46.6 Å². The largest absolute Gasteiger partial charge is 0.383 e. The number of methoxy groups -OCH3 is 1. The van der Waals surface area contributed by atoms with Crippen LogP contribution in [-0.2, 0) is 4.74 Å². The van der Waals surface area contributed by atoms with Crippen LogP contribution in [0.15, 0.2) is 60.9 Å². The van der Waals surface area contributed by atoms with E-state index in [1.54, 1.807) is 24.0 Å². The van der Waals surface area contributed by atoms with E-state index < -0.39 is 0 Å². The van der Waals surface area contributed by atoms with Crippen molar-refractivity contribution < 1.29 is 9.53 Å². The van der Waals surface area contributed by atoms with Gasteiger partial charge in [0.1, 0.15) is 5.56 Å². The molecule has 1 aliphatic rings. The minimum atomic E-state index is -0.252. The van der Waals surface area contributed by atoms with Crippen LogP contribution >= 0.6 is 23.2 Å². The molecule has 7 nitrogen and oxygen atoms in total. The number of aromatic nitrogens is 3. The number of fused-ring (bicyclic) bond motifs is 1. The smallest absolute Gasteiger partial charge is 0.271 e. The van der Waals surface area contributed by atoms with Gasteiger partial charge in [-0.1, -0.05) is 53.5 Å². The highest BCUT2D eigenvalue weighted by Crippen LogP contribution is 2.36. The van der Waals surface area contributed by atoms with Crippen LogP contribution in [0.25, 0.3) is 28.0 Å². The molecule has 2 aromatic heterocycles. The van der Waals surface area contributed by atoms with Crippen LogP contribution in [0.5, 0.6) is 0 Å². The van der Waals surface area contributed by atoms with Gasteiger partial charge in [0.2, 0.25) is 0 Å². The van der Waals surface area contributed by atoms with Crippen LogP contribution in [0.2, 0.25) is 10.0 Å². The van der Waals surface area contributed by atoms with Gasteiger partial charge in [-0.3, -0.25) is 10.2 Å². The molecular weight excluding hydrogens is 473 g/mol. The van der Waals surface area contributed by atoms with Gasteiger partial charge in [-0.15, -0.1) is 0 Å². The average Bonchev–Trinajstić information content (AvgIpc) is 3.47. The third-order valence-electron chi connectivity index (χ3n) is 6.03. The van der Waals surface area contributed by atoms with E-state index in [1.165, 1.54) is 0 Å². The Morgan fingerprint density at radius 2 is 1.91 bits per heavy atom. The molecule has 0 spiro atoms. The summed E-state index contributed by atoms with van der Waals surface area (Å²) < 4.78 is 6.98. The maximum atomic E-state index is 13.2. The van der Waals surface area contributed by atoms with E-state index in [4.69, 9.17) is 27.9 Å². The Labute approximate surface area is 207 Å². The third-order valence-corrected chi connectivity index (χ3v) is 6.62. The third kappa shape index (κ3) is 4.28. The number of nitrogens with zero attached hydrogens (tertiary/aromatic N) is 4. The monoisotopic (exact) mass is 495 g/mol. The number of hydrogen-bond donors (Lipinski definition) is 1. The van der Waals surface area contributed by atoms with E-state index in [0.717, 1.165) is 41.8 Å². The van der Waals surface area contributed by atoms with Crippen LogP contribution in [0.3, 0.4) is 0 Å². The summed E-state index contributed by atoms with van der Waals surface area (Å²) >= 11 is 12.7. The number of hydrogen-bond acceptors (Lipinski definition) is 5. The van der Waals surface area contributed by atoms with E-state index >= 15 is 0 Å². The first-order valence-corrected chi connectivity index (χ1v) is 11.8. The van der Waals surface area contributed by atoms with E-state index in [1.807, 2.05) is 53.5 Å². The molecule has 174 valence electrons. The molecule has 3 heterocycles. The zero-order valence-electron chi connectivity index (χ0n) is 18.5. The Bertz CT molecular complexity index is 1340. The lowest BCUT2D eigenvalue weighted by molar-refractivity contribution is 0.0612. The van der Waals surface area contributed by atoms with Gasteiger partial charge >= 0.3 is 0 Å². The van der Waals surface area contributed by atoms with Crippen LogP contribution in [0.1, 0.15) is 23.2 Å². The predicted molar refractivity (Wildman–Crippen MR) is 133 cm³/mol. The fourth-order valence-electron chi connectivity index (χ4n) is 4.39. The Hall–Kier alpha value is -2.97. The maximum Gasteiger partial charge on any atom is 0.271 e. The van der Waals surface area contributed by atoms with Crippen LogP contribution < -0.4 is 5.43 Å². The second-order valence-electron chi connectivity index (χ2n) is 8.19. The normalized spacial score (nSPS) is 16.3. The van der Waals surface area contributed by atoms with E-state index in [9.17, 15) is 4.79 Å².